The lowest BCUT2D eigenvalue weighted by Crippen LogP contribution is -2.00. The number of hydrogen-bond acceptors (Lipinski definition) is 1. The minimum Gasteiger partial charge on any atom is -0.389 e. The quantitative estimate of drug-likeness (QED) is 0.563. The van der Waals surface area contributed by atoms with Crippen molar-refractivity contribution < 1.29 is 5.11 Å². The molecule has 0 aromatic heterocycles. The molecule has 1 heteroatoms. The fraction of sp³-hybridized carbons (Fsp3) is 0.500. The Bertz CT molecular complexity index is 156. The van der Waals surface area contributed by atoms with Crippen molar-refractivity contribution in [2.24, 2.45) is 0 Å². The summed E-state index contributed by atoms with van der Waals surface area (Å²) in [6, 6.07) is 0. The maximum absolute atomic E-state index is 9.19. The summed E-state index contributed by atoms with van der Waals surface area (Å²) in [6.45, 7) is 5.63. The highest BCUT2D eigenvalue weighted by Crippen LogP contribution is 2.25. The van der Waals surface area contributed by atoms with E-state index in [0.717, 1.165) is 18.4 Å². The maximum atomic E-state index is 9.19. The first-order valence-corrected chi connectivity index (χ1v) is 3.26. The van der Waals surface area contributed by atoms with Crippen LogP contribution in [0.3, 0.4) is 0 Å². The summed E-state index contributed by atoms with van der Waals surface area (Å²) in [5.74, 6) is 0. The fourth-order valence-electron chi connectivity index (χ4n) is 1.18. The molecule has 9 heavy (non-hydrogen) atoms. The van der Waals surface area contributed by atoms with Crippen molar-refractivity contribution in [3.05, 3.63) is 23.8 Å². The highest BCUT2D eigenvalue weighted by atomic mass is 16.3. The first kappa shape index (κ1) is 6.56. The average Bonchev–Trinajstić information content (AvgIpc) is 2.15. The lowest BCUT2D eigenvalue weighted by atomic mass is 10.2. The van der Waals surface area contributed by atoms with Gasteiger partial charge in [0.05, 0.1) is 6.10 Å². The molecule has 1 aliphatic carbocycles. The van der Waals surface area contributed by atoms with Crippen LogP contribution >= 0.6 is 0 Å². The molecule has 1 N–H and O–H groups in total. The Morgan fingerprint density at radius 3 is 2.67 bits per heavy atom. The molecule has 0 bridgehead atoms. The van der Waals surface area contributed by atoms with E-state index in [1.165, 1.54) is 5.57 Å². The molecule has 0 fully saturated rings. The average molecular weight is 124 g/mol. The Hall–Kier alpha value is -0.560. The summed E-state index contributed by atoms with van der Waals surface area (Å²) >= 11 is 0. The van der Waals surface area contributed by atoms with Gasteiger partial charge in [0.2, 0.25) is 0 Å². The monoisotopic (exact) mass is 124 g/mol. The van der Waals surface area contributed by atoms with Crippen molar-refractivity contribution in [3.63, 3.8) is 0 Å². The van der Waals surface area contributed by atoms with Crippen LogP contribution in [0.4, 0.5) is 0 Å². The third-order valence-electron chi connectivity index (χ3n) is 1.94. The van der Waals surface area contributed by atoms with Crippen molar-refractivity contribution in [3.8, 4) is 0 Å². The second kappa shape index (κ2) is 2.36. The molecule has 0 radical (unpaired) electrons. The Balaban J connectivity index is 2.79. The van der Waals surface area contributed by atoms with E-state index in [4.69, 9.17) is 0 Å². The van der Waals surface area contributed by atoms with Gasteiger partial charge in [0.1, 0.15) is 0 Å². The van der Waals surface area contributed by atoms with Gasteiger partial charge in [-0.15, -0.1) is 0 Å². The molecular weight excluding hydrogens is 112 g/mol. The third-order valence-corrected chi connectivity index (χ3v) is 1.94. The zero-order valence-corrected chi connectivity index (χ0v) is 5.72. The van der Waals surface area contributed by atoms with E-state index in [2.05, 4.69) is 6.58 Å². The molecule has 0 amide bonds. The Kier molecular flexibility index (Phi) is 1.72. The first-order chi connectivity index (χ1) is 4.25. The largest absolute Gasteiger partial charge is 0.389 e. The van der Waals surface area contributed by atoms with Gasteiger partial charge in [0, 0.05) is 0 Å². The number of hydrogen-bond donors (Lipinski definition) is 1. The fourth-order valence-corrected chi connectivity index (χ4v) is 1.18. The van der Waals surface area contributed by atoms with E-state index < -0.39 is 0 Å². The van der Waals surface area contributed by atoms with Crippen molar-refractivity contribution in [1.82, 2.24) is 0 Å². The van der Waals surface area contributed by atoms with Crippen LogP contribution in [0.5, 0.6) is 0 Å². The van der Waals surface area contributed by atoms with Crippen LogP contribution < -0.4 is 0 Å². The predicted molar refractivity (Wildman–Crippen MR) is 38.1 cm³/mol. The summed E-state index contributed by atoms with van der Waals surface area (Å²) in [5, 5.41) is 9.19. The summed E-state index contributed by atoms with van der Waals surface area (Å²) in [6.07, 6.45) is 3.52. The van der Waals surface area contributed by atoms with Gasteiger partial charge in [0.25, 0.3) is 0 Å². The van der Waals surface area contributed by atoms with Crippen LogP contribution in [0, 0.1) is 0 Å². The topological polar surface area (TPSA) is 20.2 Å². The van der Waals surface area contributed by atoms with Gasteiger partial charge in [-0.1, -0.05) is 12.7 Å². The van der Waals surface area contributed by atoms with Crippen LogP contribution in [0.1, 0.15) is 19.8 Å². The zero-order valence-electron chi connectivity index (χ0n) is 5.72. The number of rotatable bonds is 1. The second-order valence-electron chi connectivity index (χ2n) is 2.47. The first-order valence-electron chi connectivity index (χ1n) is 3.26. The molecule has 1 nitrogen and oxygen atoms in total. The van der Waals surface area contributed by atoms with Crippen LogP contribution in [0.25, 0.3) is 0 Å². The van der Waals surface area contributed by atoms with Crippen LogP contribution in [0.2, 0.25) is 0 Å². The van der Waals surface area contributed by atoms with Crippen molar-refractivity contribution in [2.75, 3.05) is 0 Å². The lowest BCUT2D eigenvalue weighted by molar-refractivity contribution is 0.212. The van der Waals surface area contributed by atoms with E-state index in [0.29, 0.717) is 0 Å². The summed E-state index contributed by atoms with van der Waals surface area (Å²) < 4.78 is 0. The van der Waals surface area contributed by atoms with Gasteiger partial charge in [-0.3, -0.25) is 0 Å². The highest BCUT2D eigenvalue weighted by Gasteiger charge is 2.16. The minimum absolute atomic E-state index is 0.196. The second-order valence-corrected chi connectivity index (χ2v) is 2.47. The zero-order chi connectivity index (χ0) is 6.85. The van der Waals surface area contributed by atoms with Gasteiger partial charge in [-0.05, 0) is 30.9 Å². The molecule has 0 saturated carbocycles. The van der Waals surface area contributed by atoms with Gasteiger partial charge in [-0.2, -0.15) is 0 Å². The van der Waals surface area contributed by atoms with Gasteiger partial charge >= 0.3 is 0 Å². The van der Waals surface area contributed by atoms with Crippen LogP contribution in [0.15, 0.2) is 23.8 Å². The van der Waals surface area contributed by atoms with Gasteiger partial charge < -0.3 is 5.11 Å². The van der Waals surface area contributed by atoms with E-state index in [1.54, 1.807) is 0 Å². The molecular formula is C8H12O. The van der Waals surface area contributed by atoms with Crippen LogP contribution in [-0.2, 0) is 0 Å². The Morgan fingerprint density at radius 1 is 1.78 bits per heavy atom. The maximum Gasteiger partial charge on any atom is 0.0756 e. The van der Waals surface area contributed by atoms with Crippen molar-refractivity contribution in [2.45, 2.75) is 25.9 Å². The smallest absolute Gasteiger partial charge is 0.0756 e. The van der Waals surface area contributed by atoms with E-state index >= 15 is 0 Å². The molecule has 0 aromatic carbocycles. The number of allylic oxidation sites excluding steroid dienone is 2. The minimum atomic E-state index is -0.196. The molecule has 0 heterocycles. The molecule has 0 aromatic rings. The van der Waals surface area contributed by atoms with E-state index in [-0.39, 0.29) is 6.10 Å². The molecule has 0 aliphatic heterocycles. The SMILES string of the molecule is C=CC1=C(C)C(O)CC1. The summed E-state index contributed by atoms with van der Waals surface area (Å²) in [7, 11) is 0. The van der Waals surface area contributed by atoms with Crippen molar-refractivity contribution in [1.29, 1.82) is 0 Å². The Morgan fingerprint density at radius 2 is 2.44 bits per heavy atom. The lowest BCUT2D eigenvalue weighted by Gasteiger charge is -1.99. The molecule has 1 atom stereocenters. The number of aliphatic hydroxyl groups excluding tert-OH is 1. The van der Waals surface area contributed by atoms with E-state index in [9.17, 15) is 5.11 Å². The Labute approximate surface area is 55.7 Å². The standard InChI is InChI=1S/C8H12O/c1-3-7-4-5-8(9)6(7)2/h3,8-9H,1,4-5H2,2H3. The molecule has 0 saturated heterocycles. The molecule has 1 aliphatic rings. The van der Waals surface area contributed by atoms with Gasteiger partial charge in [-0.25, -0.2) is 0 Å². The highest BCUT2D eigenvalue weighted by molar-refractivity contribution is 5.29. The third kappa shape index (κ3) is 1.06. The van der Waals surface area contributed by atoms with Crippen molar-refractivity contribution >= 4 is 0 Å². The molecule has 50 valence electrons. The summed E-state index contributed by atoms with van der Waals surface area (Å²) in [4.78, 5) is 0. The van der Waals surface area contributed by atoms with E-state index in [1.807, 2.05) is 13.0 Å². The summed E-state index contributed by atoms with van der Waals surface area (Å²) in [5.41, 5.74) is 2.33. The molecule has 0 spiro atoms. The van der Waals surface area contributed by atoms with Gasteiger partial charge in [0.15, 0.2) is 0 Å². The molecule has 1 unspecified atom stereocenters. The van der Waals surface area contributed by atoms with Crippen LogP contribution in [-0.4, -0.2) is 11.2 Å². The predicted octanol–water partition coefficient (Wildman–Crippen LogP) is 1.64. The number of aliphatic hydroxyl groups is 1. The normalized spacial score (nSPS) is 27.1. The molecule has 1 rings (SSSR count).